The second kappa shape index (κ2) is 9.16. The number of rotatable bonds is 2. The molecule has 196 valence electrons. The Morgan fingerprint density at radius 3 is 1.52 bits per heavy atom. The molecule has 0 fully saturated rings. The third kappa shape index (κ3) is 3.36. The molecule has 1 aliphatic carbocycles. The van der Waals surface area contributed by atoms with Crippen LogP contribution in [-0.4, -0.2) is 0 Å². The fourth-order valence-corrected chi connectivity index (χ4v) is 7.57. The van der Waals surface area contributed by atoms with Crippen molar-refractivity contribution in [2.75, 3.05) is 0 Å². The first-order valence-corrected chi connectivity index (χ1v) is 14.9. The van der Waals surface area contributed by atoms with Crippen LogP contribution in [0.3, 0.4) is 0 Å². The van der Waals surface area contributed by atoms with E-state index in [0.29, 0.717) is 0 Å². The van der Waals surface area contributed by atoms with E-state index in [9.17, 15) is 0 Å². The van der Waals surface area contributed by atoms with E-state index < -0.39 is 0 Å². The average molecular weight is 533 g/mol. The first kappa shape index (κ1) is 23.5. The standard InChI is InChI=1S/C42H28/c1-4-16-30-27(12-1)15-11-23-33(30)41-34-19-7-9-21-36(34)42(37-22-10-8-20-35(37)41)39-26-29-14-3-6-18-32(29)40-31-17-5-2-13-28(31)24-25-38(39)40/h1-23,26H,24-25H2. The van der Waals surface area contributed by atoms with E-state index in [1.54, 1.807) is 0 Å². The largest absolute Gasteiger partial charge is 0.0620 e. The normalized spacial score (nSPS) is 12.6. The molecule has 0 amide bonds. The molecule has 0 atom stereocenters. The fraction of sp³-hybridized carbons (Fsp3) is 0.0476. The SMILES string of the molecule is c1ccc2c(c1)CCc1c(-c3c4ccccc4c(-c4cccc5ccccc45)c4ccccc34)cc3ccccc3c1-2. The molecule has 0 spiro atoms. The summed E-state index contributed by atoms with van der Waals surface area (Å²) < 4.78 is 0. The topological polar surface area (TPSA) is 0 Å². The lowest BCUT2D eigenvalue weighted by Crippen LogP contribution is -2.07. The van der Waals surface area contributed by atoms with Gasteiger partial charge in [-0.05, 0) is 107 Å². The monoisotopic (exact) mass is 532 g/mol. The Bertz CT molecular complexity index is 2290. The summed E-state index contributed by atoms with van der Waals surface area (Å²) in [6.07, 6.45) is 2.11. The van der Waals surface area contributed by atoms with E-state index in [2.05, 4.69) is 146 Å². The molecule has 42 heavy (non-hydrogen) atoms. The van der Waals surface area contributed by atoms with Gasteiger partial charge in [0, 0.05) is 0 Å². The van der Waals surface area contributed by atoms with Crippen LogP contribution < -0.4 is 0 Å². The molecule has 8 aromatic rings. The summed E-state index contributed by atoms with van der Waals surface area (Å²) in [5, 5.41) is 10.5. The van der Waals surface area contributed by atoms with Gasteiger partial charge in [-0.2, -0.15) is 0 Å². The molecular formula is C42H28. The van der Waals surface area contributed by atoms with Crippen molar-refractivity contribution >= 4 is 43.1 Å². The predicted octanol–water partition coefficient (Wildman–Crippen LogP) is 11.4. The molecule has 0 unspecified atom stereocenters. The Morgan fingerprint density at radius 1 is 0.310 bits per heavy atom. The maximum Gasteiger partial charge on any atom is -0.00201 e. The molecule has 0 N–H and O–H groups in total. The molecule has 1 aliphatic rings. The lowest BCUT2D eigenvalue weighted by Gasteiger charge is -2.26. The van der Waals surface area contributed by atoms with E-state index in [-0.39, 0.29) is 0 Å². The van der Waals surface area contributed by atoms with Crippen molar-refractivity contribution in [3.8, 4) is 33.4 Å². The summed E-state index contributed by atoms with van der Waals surface area (Å²) in [7, 11) is 0. The van der Waals surface area contributed by atoms with Gasteiger partial charge in [0.15, 0.2) is 0 Å². The van der Waals surface area contributed by atoms with E-state index in [4.69, 9.17) is 0 Å². The van der Waals surface area contributed by atoms with Crippen LogP contribution in [0.2, 0.25) is 0 Å². The number of hydrogen-bond donors (Lipinski definition) is 0. The van der Waals surface area contributed by atoms with Crippen LogP contribution in [0.1, 0.15) is 11.1 Å². The molecule has 0 saturated heterocycles. The molecule has 0 heterocycles. The third-order valence-electron chi connectivity index (χ3n) is 9.35. The molecule has 9 rings (SSSR count). The zero-order valence-corrected chi connectivity index (χ0v) is 23.3. The van der Waals surface area contributed by atoms with E-state index in [0.717, 1.165) is 12.8 Å². The first-order valence-electron chi connectivity index (χ1n) is 14.9. The number of fused-ring (bicyclic) bond motifs is 8. The van der Waals surface area contributed by atoms with E-state index in [1.165, 1.54) is 87.6 Å². The molecule has 0 radical (unpaired) electrons. The van der Waals surface area contributed by atoms with Crippen LogP contribution in [0.5, 0.6) is 0 Å². The van der Waals surface area contributed by atoms with E-state index in [1.807, 2.05) is 0 Å². The van der Waals surface area contributed by atoms with E-state index >= 15 is 0 Å². The second-order valence-corrected chi connectivity index (χ2v) is 11.5. The Labute approximate surface area is 245 Å². The smallest absolute Gasteiger partial charge is 0.00201 e. The lowest BCUT2D eigenvalue weighted by molar-refractivity contribution is 0.947. The number of hydrogen-bond acceptors (Lipinski definition) is 0. The van der Waals surface area contributed by atoms with Crippen molar-refractivity contribution in [2.45, 2.75) is 12.8 Å². The molecule has 0 aliphatic heterocycles. The highest BCUT2D eigenvalue weighted by Crippen LogP contribution is 2.49. The zero-order valence-electron chi connectivity index (χ0n) is 23.3. The summed E-state index contributed by atoms with van der Waals surface area (Å²) >= 11 is 0. The van der Waals surface area contributed by atoms with Crippen molar-refractivity contribution in [1.82, 2.24) is 0 Å². The molecule has 0 saturated carbocycles. The summed E-state index contributed by atoms with van der Waals surface area (Å²) in [5.41, 5.74) is 11.1. The lowest BCUT2D eigenvalue weighted by atomic mass is 9.77. The molecule has 0 bridgehead atoms. The minimum Gasteiger partial charge on any atom is -0.0620 e. The van der Waals surface area contributed by atoms with Gasteiger partial charge in [0.25, 0.3) is 0 Å². The number of benzene rings is 8. The van der Waals surface area contributed by atoms with Gasteiger partial charge < -0.3 is 0 Å². The highest BCUT2D eigenvalue weighted by Gasteiger charge is 2.25. The molecule has 0 aromatic heterocycles. The van der Waals surface area contributed by atoms with Gasteiger partial charge in [0.2, 0.25) is 0 Å². The summed E-state index contributed by atoms with van der Waals surface area (Å²) in [6, 6.07) is 54.0. The van der Waals surface area contributed by atoms with Gasteiger partial charge in [-0.3, -0.25) is 0 Å². The quantitative estimate of drug-likeness (QED) is 0.194. The summed E-state index contributed by atoms with van der Waals surface area (Å²) in [4.78, 5) is 0. The molecule has 8 aromatic carbocycles. The van der Waals surface area contributed by atoms with Gasteiger partial charge in [0.1, 0.15) is 0 Å². The van der Waals surface area contributed by atoms with Gasteiger partial charge in [-0.15, -0.1) is 0 Å². The van der Waals surface area contributed by atoms with Crippen molar-refractivity contribution in [3.05, 3.63) is 157 Å². The highest BCUT2D eigenvalue weighted by atomic mass is 14.3. The van der Waals surface area contributed by atoms with Crippen LogP contribution in [0.4, 0.5) is 0 Å². The molecule has 0 nitrogen and oxygen atoms in total. The highest BCUT2D eigenvalue weighted by molar-refractivity contribution is 6.24. The van der Waals surface area contributed by atoms with Gasteiger partial charge >= 0.3 is 0 Å². The van der Waals surface area contributed by atoms with Crippen molar-refractivity contribution in [2.24, 2.45) is 0 Å². The second-order valence-electron chi connectivity index (χ2n) is 11.5. The Hall–Kier alpha value is -5.20. The Morgan fingerprint density at radius 2 is 0.810 bits per heavy atom. The van der Waals surface area contributed by atoms with Crippen LogP contribution in [-0.2, 0) is 12.8 Å². The fourth-order valence-electron chi connectivity index (χ4n) is 7.57. The molecular weight excluding hydrogens is 504 g/mol. The maximum atomic E-state index is 2.47. The Balaban J connectivity index is 1.46. The van der Waals surface area contributed by atoms with Gasteiger partial charge in [-0.25, -0.2) is 0 Å². The van der Waals surface area contributed by atoms with Crippen molar-refractivity contribution in [3.63, 3.8) is 0 Å². The summed E-state index contributed by atoms with van der Waals surface area (Å²) in [5.74, 6) is 0. The third-order valence-corrected chi connectivity index (χ3v) is 9.35. The minimum atomic E-state index is 1.04. The van der Waals surface area contributed by atoms with Crippen LogP contribution >= 0.6 is 0 Å². The summed E-state index contributed by atoms with van der Waals surface area (Å²) in [6.45, 7) is 0. The predicted molar refractivity (Wildman–Crippen MR) is 180 cm³/mol. The van der Waals surface area contributed by atoms with Crippen LogP contribution in [0.25, 0.3) is 76.5 Å². The van der Waals surface area contributed by atoms with Crippen LogP contribution in [0, 0.1) is 0 Å². The Kier molecular flexibility index (Phi) is 5.12. The van der Waals surface area contributed by atoms with Crippen molar-refractivity contribution < 1.29 is 0 Å². The first-order chi connectivity index (χ1) is 20.9. The van der Waals surface area contributed by atoms with Crippen LogP contribution in [0.15, 0.2) is 146 Å². The molecule has 0 heteroatoms. The average Bonchev–Trinajstić information content (AvgIpc) is 3.06. The number of aryl methyl sites for hydroxylation is 1. The minimum absolute atomic E-state index is 1.04. The zero-order chi connectivity index (χ0) is 27.6. The van der Waals surface area contributed by atoms with Gasteiger partial charge in [-0.1, -0.05) is 140 Å². The van der Waals surface area contributed by atoms with Gasteiger partial charge in [0.05, 0.1) is 0 Å². The maximum absolute atomic E-state index is 2.47. The van der Waals surface area contributed by atoms with Crippen molar-refractivity contribution in [1.29, 1.82) is 0 Å².